The summed E-state index contributed by atoms with van der Waals surface area (Å²) in [4.78, 5) is 5.17. The maximum atomic E-state index is 2.75. The smallest absolute Gasteiger partial charge is 0.249 e. The molecule has 0 saturated heterocycles. The van der Waals surface area contributed by atoms with Crippen LogP contribution < -0.4 is 21.3 Å². The van der Waals surface area contributed by atoms with Crippen LogP contribution in [-0.4, -0.2) is 20.4 Å². The predicted octanol–water partition coefficient (Wildman–Crippen LogP) is 29.3. The lowest BCUT2D eigenvalue weighted by Gasteiger charge is -2.43. The van der Waals surface area contributed by atoms with Gasteiger partial charge in [0, 0.05) is 81.7 Å². The molecule has 0 N–H and O–H groups in total. The molecule has 0 spiro atoms. The third-order valence-corrected chi connectivity index (χ3v) is 26.7. The van der Waals surface area contributed by atoms with Gasteiger partial charge in [0.2, 0.25) is 6.71 Å². The fourth-order valence-corrected chi connectivity index (χ4v) is 20.7. The number of para-hydroxylation sites is 6. The van der Waals surface area contributed by atoms with E-state index in [-0.39, 0.29) is 23.0 Å². The monoisotopic (exact) mass is 1560 g/mol. The van der Waals surface area contributed by atoms with Gasteiger partial charge in [-0.25, -0.2) is 0 Å². The summed E-state index contributed by atoms with van der Waals surface area (Å²) in [5.74, 6) is 0. The normalized spacial score (nSPS) is 12.8. The molecule has 574 valence electrons. The van der Waals surface area contributed by atoms with Crippen molar-refractivity contribution in [2.24, 2.45) is 0 Å². The van der Waals surface area contributed by atoms with Gasteiger partial charge >= 0.3 is 0 Å². The van der Waals surface area contributed by atoms with Crippen molar-refractivity contribution < 1.29 is 0 Å². The van der Waals surface area contributed by atoms with E-state index >= 15 is 0 Å². The molecule has 120 heavy (non-hydrogen) atoms. The number of benzene rings is 17. The first-order chi connectivity index (χ1) is 58.4. The lowest BCUT2D eigenvalue weighted by molar-refractivity contribution is 0.569. The van der Waals surface area contributed by atoms with Crippen LogP contribution in [-0.2, 0) is 16.2 Å². The topological polar surface area (TPSA) is 18.0 Å². The van der Waals surface area contributed by atoms with Crippen LogP contribution in [0.15, 0.2) is 386 Å². The minimum atomic E-state index is -0.305. The van der Waals surface area contributed by atoms with Gasteiger partial charge in [-0.15, -0.1) is 0 Å². The minimum Gasteiger partial charge on any atom is -0.310 e. The van der Waals surface area contributed by atoms with Crippen molar-refractivity contribution >= 4 is 117 Å². The van der Waals surface area contributed by atoms with E-state index in [0.717, 1.165) is 128 Å². The molecule has 4 nitrogen and oxygen atoms in total. The Kier molecular flexibility index (Phi) is 17.0. The fourth-order valence-electron chi connectivity index (χ4n) is 19.4. The van der Waals surface area contributed by atoms with E-state index < -0.39 is 0 Å². The molecule has 0 unspecified atom stereocenters. The number of hydrogen-bond acceptors (Lipinski definition) is 2. The number of aromatic nitrogens is 3. The summed E-state index contributed by atoms with van der Waals surface area (Å²) in [5, 5.41) is 7.29. The molecule has 6 heteroatoms. The maximum Gasteiger partial charge on any atom is 0.249 e. The Bertz CT molecular complexity index is 7110. The van der Waals surface area contributed by atoms with Crippen molar-refractivity contribution in [3.05, 3.63) is 393 Å². The fraction of sp³-hybridized carbons (Fsp3) is 0.105. The molecule has 22 rings (SSSR count). The summed E-state index contributed by atoms with van der Waals surface area (Å²) >= 11 is 1.95. The molecule has 2 aliphatic rings. The molecule has 0 bridgehead atoms. The molecule has 17 aromatic carbocycles. The summed E-state index contributed by atoms with van der Waals surface area (Å²) in [5.41, 5.74) is 37.0. The van der Waals surface area contributed by atoms with E-state index in [2.05, 4.69) is 457 Å². The van der Waals surface area contributed by atoms with Gasteiger partial charge in [-0.3, -0.25) is 0 Å². The quantitative estimate of drug-likeness (QED) is 0.120. The van der Waals surface area contributed by atoms with Crippen molar-refractivity contribution in [2.75, 3.05) is 4.90 Å². The molecule has 2 aliphatic heterocycles. The second-order valence-corrected chi connectivity index (χ2v) is 37.1. The van der Waals surface area contributed by atoms with Gasteiger partial charge in [-0.05, 0) is 220 Å². The molecule has 0 radical (unpaired) electrons. The van der Waals surface area contributed by atoms with Crippen LogP contribution >= 0.6 is 11.8 Å². The van der Waals surface area contributed by atoms with Crippen LogP contribution in [0.3, 0.4) is 0 Å². The third-order valence-electron chi connectivity index (χ3n) is 25.4. The van der Waals surface area contributed by atoms with Gasteiger partial charge in [-0.1, -0.05) is 346 Å². The average Bonchev–Trinajstić information content (AvgIpc) is 0.711. The van der Waals surface area contributed by atoms with E-state index in [1.54, 1.807) is 0 Å². The first-order valence-corrected chi connectivity index (χ1v) is 43.0. The lowest BCUT2D eigenvalue weighted by Crippen LogP contribution is -2.60. The maximum absolute atomic E-state index is 2.75. The summed E-state index contributed by atoms with van der Waals surface area (Å²) in [6.45, 7) is 21.0. The van der Waals surface area contributed by atoms with Crippen LogP contribution in [0, 0.1) is 0 Å². The Morgan fingerprint density at radius 1 is 0.233 bits per heavy atom. The number of anilines is 3. The predicted molar refractivity (Wildman–Crippen MR) is 514 cm³/mol. The van der Waals surface area contributed by atoms with Crippen LogP contribution in [0.25, 0.3) is 160 Å². The van der Waals surface area contributed by atoms with Crippen molar-refractivity contribution in [3.63, 3.8) is 0 Å². The van der Waals surface area contributed by atoms with Crippen LogP contribution in [0.4, 0.5) is 17.1 Å². The first-order valence-electron chi connectivity index (χ1n) is 42.2. The Labute approximate surface area is 707 Å². The van der Waals surface area contributed by atoms with E-state index in [9.17, 15) is 0 Å². The standard InChI is InChI=1S/C114H89BN4S/c1-112(2,3)83-59-80(60-84(66-83)113(4,5)6)76-54-55-98-106(65-76)119(110-95(74-38-18-12-19-39-74)67-85(114(7,8)9)68-96(110)75-40-20-13-21-41-75)107-70-88(118-104-52-32-26-46-93(104)94-47-27-33-53-105(94)118)71-108-109(107)115(98)99-64-81(79-57-77(72-34-14-10-15-35-72)56-78(58-79)73-36-16-11-17-37-73)63-97(111(99)120-108)82-61-86(116-100-48-28-22-42-89(100)90-43-23-29-49-101(90)116)69-87(62-82)117-102-50-30-24-44-91(102)92-45-25-31-51-103(92)117/h10-71H,1-9H3. The highest BCUT2D eigenvalue weighted by atomic mass is 32.2. The van der Waals surface area contributed by atoms with E-state index in [4.69, 9.17) is 0 Å². The van der Waals surface area contributed by atoms with Crippen LogP contribution in [0.5, 0.6) is 0 Å². The third kappa shape index (κ3) is 12.1. The van der Waals surface area contributed by atoms with E-state index in [1.807, 2.05) is 11.8 Å². The molecular weight excluding hydrogens is 1470 g/mol. The molecule has 3 aromatic heterocycles. The van der Waals surface area contributed by atoms with Gasteiger partial charge in [0.15, 0.2) is 0 Å². The second kappa shape index (κ2) is 28.0. The molecule has 0 fully saturated rings. The molecule has 0 amide bonds. The van der Waals surface area contributed by atoms with Crippen molar-refractivity contribution in [1.82, 2.24) is 13.7 Å². The Morgan fingerprint density at radius 2 is 0.583 bits per heavy atom. The summed E-state index contributed by atoms with van der Waals surface area (Å²) in [6, 6.07) is 144. The van der Waals surface area contributed by atoms with Gasteiger partial charge < -0.3 is 18.6 Å². The number of rotatable bonds is 11. The van der Waals surface area contributed by atoms with E-state index in [0.29, 0.717) is 0 Å². The summed E-state index contributed by atoms with van der Waals surface area (Å²) < 4.78 is 7.61. The largest absolute Gasteiger partial charge is 0.310 e. The zero-order valence-electron chi connectivity index (χ0n) is 69.1. The van der Waals surface area contributed by atoms with Gasteiger partial charge in [0.05, 0.1) is 38.8 Å². The molecule has 0 atom stereocenters. The Balaban J connectivity index is 0.916. The summed E-state index contributed by atoms with van der Waals surface area (Å²) in [7, 11) is 0. The molecular formula is C114H89BN4S. The van der Waals surface area contributed by atoms with Crippen LogP contribution in [0.2, 0.25) is 0 Å². The van der Waals surface area contributed by atoms with E-state index in [1.165, 1.54) is 91.9 Å². The highest BCUT2D eigenvalue weighted by Crippen LogP contribution is 2.54. The zero-order chi connectivity index (χ0) is 81.0. The molecule has 5 heterocycles. The summed E-state index contributed by atoms with van der Waals surface area (Å²) in [6.07, 6.45) is 0. The van der Waals surface area contributed by atoms with Crippen LogP contribution in [0.1, 0.15) is 79.0 Å². The number of hydrogen-bond donors (Lipinski definition) is 0. The highest BCUT2D eigenvalue weighted by Gasteiger charge is 2.45. The highest BCUT2D eigenvalue weighted by molar-refractivity contribution is 8.00. The minimum absolute atomic E-state index is 0.132. The Hall–Kier alpha value is -13.6. The SMILES string of the molecule is CC(C)(C)c1cc(-c2ccc3c(c2)N(c2c(-c4ccccc4)cc(C(C)(C)C)cc2-c2ccccc2)c2cc(-n4c5ccccc5c5ccccc54)cc4c2B3c2cc(-c3cc(-c5ccccc5)cc(-c5ccccc5)c3)cc(-c3cc(-n5c6ccccc6c6ccccc65)cc(-n5c6ccccc6c6ccccc65)c3)c2S4)cc(C(C)(C)C)c1. The molecule has 0 saturated carbocycles. The Morgan fingerprint density at radius 3 is 0.992 bits per heavy atom. The van der Waals surface area contributed by atoms with Gasteiger partial charge in [-0.2, -0.15) is 0 Å². The van der Waals surface area contributed by atoms with Crippen molar-refractivity contribution in [3.8, 4) is 95.0 Å². The molecule has 20 aromatic rings. The lowest BCUT2D eigenvalue weighted by atomic mass is 9.34. The molecule has 0 aliphatic carbocycles. The second-order valence-electron chi connectivity index (χ2n) is 36.0. The van der Waals surface area contributed by atoms with Crippen molar-refractivity contribution in [2.45, 2.75) is 88.3 Å². The van der Waals surface area contributed by atoms with Gasteiger partial charge in [0.1, 0.15) is 0 Å². The zero-order valence-corrected chi connectivity index (χ0v) is 69.9. The first kappa shape index (κ1) is 72.8. The van der Waals surface area contributed by atoms with Crippen molar-refractivity contribution in [1.29, 1.82) is 0 Å². The average molecular weight is 1560 g/mol. The number of fused-ring (bicyclic) bond motifs is 13. The van der Waals surface area contributed by atoms with Gasteiger partial charge in [0.25, 0.3) is 0 Å². The number of nitrogens with zero attached hydrogens (tertiary/aromatic N) is 4.